The molecule has 2 rings (SSSR count). The lowest BCUT2D eigenvalue weighted by Crippen LogP contribution is -2.41. The van der Waals surface area contributed by atoms with Crippen molar-refractivity contribution < 1.29 is 0 Å². The van der Waals surface area contributed by atoms with Gasteiger partial charge in [0, 0.05) is 26.0 Å². The lowest BCUT2D eigenvalue weighted by molar-refractivity contribution is 0.328. The van der Waals surface area contributed by atoms with Gasteiger partial charge in [0.25, 0.3) is 0 Å². The van der Waals surface area contributed by atoms with E-state index in [0.29, 0.717) is 12.5 Å². The first kappa shape index (κ1) is 11.1. The van der Waals surface area contributed by atoms with E-state index < -0.39 is 11.1 Å². The quantitative estimate of drug-likeness (QED) is 0.691. The van der Waals surface area contributed by atoms with Crippen molar-refractivity contribution >= 4 is 0 Å². The second-order valence-electron chi connectivity index (χ2n) is 4.37. The fourth-order valence-electron chi connectivity index (χ4n) is 2.08. The number of hydrogen-bond acceptors (Lipinski definition) is 3. The summed E-state index contributed by atoms with van der Waals surface area (Å²) in [7, 11) is 1.60. The normalized spacial score (nSPS) is 17.6. The smallest absolute Gasteiger partial charge is 0.316 e. The summed E-state index contributed by atoms with van der Waals surface area (Å²) in [5, 5.41) is 3.28. The molecule has 0 unspecified atom stereocenters. The Bertz CT molecular complexity index is 469. The summed E-state index contributed by atoms with van der Waals surface area (Å²) in [4.78, 5) is 23.1. The number of rotatable bonds is 2. The molecule has 1 saturated heterocycles. The highest BCUT2D eigenvalue weighted by Crippen LogP contribution is 2.12. The SMILES string of the molecule is Cn1ccn(CC2CCNCC2)c(=O)c1=O. The molecule has 0 spiro atoms. The van der Waals surface area contributed by atoms with Gasteiger partial charge in [-0.05, 0) is 31.8 Å². The molecular weight excluding hydrogens is 206 g/mol. The third-order valence-corrected chi connectivity index (χ3v) is 3.15. The largest absolute Gasteiger partial charge is 0.317 e. The van der Waals surface area contributed by atoms with Gasteiger partial charge in [0.05, 0.1) is 0 Å². The van der Waals surface area contributed by atoms with Gasteiger partial charge in [-0.3, -0.25) is 9.59 Å². The monoisotopic (exact) mass is 223 g/mol. The number of hydrogen-bond donors (Lipinski definition) is 1. The maximum absolute atomic E-state index is 11.7. The number of aryl methyl sites for hydroxylation is 1. The molecule has 0 aromatic carbocycles. The van der Waals surface area contributed by atoms with Gasteiger partial charge in [-0.2, -0.15) is 0 Å². The molecule has 1 N–H and O–H groups in total. The number of aromatic nitrogens is 2. The molecule has 5 heteroatoms. The molecule has 0 saturated carbocycles. The zero-order valence-electron chi connectivity index (χ0n) is 9.48. The van der Waals surface area contributed by atoms with Crippen LogP contribution in [0.4, 0.5) is 0 Å². The van der Waals surface area contributed by atoms with Crippen LogP contribution in [0.2, 0.25) is 0 Å². The number of nitrogens with zero attached hydrogens (tertiary/aromatic N) is 2. The minimum Gasteiger partial charge on any atom is -0.317 e. The molecule has 0 radical (unpaired) electrons. The molecule has 1 aromatic rings. The first-order valence-corrected chi connectivity index (χ1v) is 5.65. The van der Waals surface area contributed by atoms with Crippen LogP contribution in [0.15, 0.2) is 22.0 Å². The Labute approximate surface area is 93.7 Å². The summed E-state index contributed by atoms with van der Waals surface area (Å²) >= 11 is 0. The Kier molecular flexibility index (Phi) is 3.24. The summed E-state index contributed by atoms with van der Waals surface area (Å²) < 4.78 is 2.86. The van der Waals surface area contributed by atoms with E-state index in [0.717, 1.165) is 25.9 Å². The summed E-state index contributed by atoms with van der Waals surface area (Å²) in [5.41, 5.74) is -0.861. The Morgan fingerprint density at radius 3 is 2.62 bits per heavy atom. The number of nitrogens with one attached hydrogen (secondary N) is 1. The van der Waals surface area contributed by atoms with E-state index >= 15 is 0 Å². The van der Waals surface area contributed by atoms with E-state index in [9.17, 15) is 9.59 Å². The van der Waals surface area contributed by atoms with Gasteiger partial charge in [-0.25, -0.2) is 0 Å². The van der Waals surface area contributed by atoms with Gasteiger partial charge in [-0.1, -0.05) is 0 Å². The second-order valence-corrected chi connectivity index (χ2v) is 4.37. The Hall–Kier alpha value is -1.36. The lowest BCUT2D eigenvalue weighted by atomic mass is 9.98. The van der Waals surface area contributed by atoms with Crippen molar-refractivity contribution in [2.45, 2.75) is 19.4 Å². The van der Waals surface area contributed by atoms with Crippen LogP contribution < -0.4 is 16.4 Å². The highest BCUT2D eigenvalue weighted by molar-refractivity contribution is 4.85. The molecule has 0 amide bonds. The molecule has 0 aliphatic carbocycles. The predicted molar refractivity (Wildman–Crippen MR) is 61.5 cm³/mol. The van der Waals surface area contributed by atoms with E-state index in [1.54, 1.807) is 24.0 Å². The van der Waals surface area contributed by atoms with Gasteiger partial charge in [0.1, 0.15) is 0 Å². The van der Waals surface area contributed by atoms with E-state index in [-0.39, 0.29) is 0 Å². The van der Waals surface area contributed by atoms with Crippen LogP contribution >= 0.6 is 0 Å². The van der Waals surface area contributed by atoms with Crippen LogP contribution in [-0.2, 0) is 13.6 Å². The molecule has 88 valence electrons. The van der Waals surface area contributed by atoms with Crippen LogP contribution in [0.1, 0.15) is 12.8 Å². The van der Waals surface area contributed by atoms with E-state index in [4.69, 9.17) is 0 Å². The summed E-state index contributed by atoms with van der Waals surface area (Å²) in [6.45, 7) is 2.67. The third-order valence-electron chi connectivity index (χ3n) is 3.15. The van der Waals surface area contributed by atoms with Crippen molar-refractivity contribution in [2.75, 3.05) is 13.1 Å². The first-order chi connectivity index (χ1) is 7.68. The average Bonchev–Trinajstić information content (AvgIpc) is 2.31. The van der Waals surface area contributed by atoms with Crippen molar-refractivity contribution in [2.24, 2.45) is 13.0 Å². The molecule has 16 heavy (non-hydrogen) atoms. The van der Waals surface area contributed by atoms with E-state index in [2.05, 4.69) is 5.32 Å². The van der Waals surface area contributed by atoms with Crippen LogP contribution in [0, 0.1) is 5.92 Å². The van der Waals surface area contributed by atoms with Gasteiger partial charge < -0.3 is 14.5 Å². The predicted octanol–water partition coefficient (Wildman–Crippen LogP) is -0.453. The van der Waals surface area contributed by atoms with Gasteiger partial charge >= 0.3 is 11.1 Å². The van der Waals surface area contributed by atoms with Crippen molar-refractivity contribution in [1.82, 2.24) is 14.5 Å². The molecule has 1 fully saturated rings. The van der Waals surface area contributed by atoms with Crippen LogP contribution in [0.25, 0.3) is 0 Å². The van der Waals surface area contributed by atoms with Gasteiger partial charge in [0.15, 0.2) is 0 Å². The van der Waals surface area contributed by atoms with E-state index in [1.807, 2.05) is 0 Å². The molecule has 0 atom stereocenters. The Balaban J connectivity index is 2.18. The maximum atomic E-state index is 11.7. The van der Waals surface area contributed by atoms with Crippen LogP contribution in [-0.4, -0.2) is 22.2 Å². The zero-order chi connectivity index (χ0) is 11.5. The minimum atomic E-state index is -0.448. The number of piperidine rings is 1. The third kappa shape index (κ3) is 2.24. The molecule has 1 aliphatic rings. The summed E-state index contributed by atoms with van der Waals surface area (Å²) in [5.74, 6) is 0.506. The molecule has 1 aliphatic heterocycles. The Morgan fingerprint density at radius 2 is 1.94 bits per heavy atom. The average molecular weight is 223 g/mol. The molecule has 2 heterocycles. The molecule has 0 bridgehead atoms. The van der Waals surface area contributed by atoms with Gasteiger partial charge in [-0.15, -0.1) is 0 Å². The van der Waals surface area contributed by atoms with E-state index in [1.165, 1.54) is 4.57 Å². The first-order valence-electron chi connectivity index (χ1n) is 5.65. The summed E-state index contributed by atoms with van der Waals surface area (Å²) in [6, 6.07) is 0. The van der Waals surface area contributed by atoms with Crippen molar-refractivity contribution in [3.8, 4) is 0 Å². The van der Waals surface area contributed by atoms with Crippen LogP contribution in [0.5, 0.6) is 0 Å². The van der Waals surface area contributed by atoms with Crippen LogP contribution in [0.3, 0.4) is 0 Å². The molecular formula is C11H17N3O2. The molecule has 1 aromatic heterocycles. The van der Waals surface area contributed by atoms with Gasteiger partial charge in [0.2, 0.25) is 0 Å². The second kappa shape index (κ2) is 4.65. The van der Waals surface area contributed by atoms with Crippen molar-refractivity contribution in [3.05, 3.63) is 33.1 Å². The van der Waals surface area contributed by atoms with Crippen molar-refractivity contribution in [1.29, 1.82) is 0 Å². The fraction of sp³-hybridized carbons (Fsp3) is 0.636. The molecule has 5 nitrogen and oxygen atoms in total. The van der Waals surface area contributed by atoms with Crippen molar-refractivity contribution in [3.63, 3.8) is 0 Å². The highest BCUT2D eigenvalue weighted by atomic mass is 16.2. The zero-order valence-corrected chi connectivity index (χ0v) is 9.48. The lowest BCUT2D eigenvalue weighted by Gasteiger charge is -2.23. The summed E-state index contributed by atoms with van der Waals surface area (Å²) in [6.07, 6.45) is 5.49. The fourth-order valence-corrected chi connectivity index (χ4v) is 2.08. The standard InChI is InChI=1S/C11H17N3O2/c1-13-6-7-14(11(16)10(13)15)8-9-2-4-12-5-3-9/h6-7,9,12H,2-5,8H2,1H3. The topological polar surface area (TPSA) is 56.0 Å². The Morgan fingerprint density at radius 1 is 1.25 bits per heavy atom. The maximum Gasteiger partial charge on any atom is 0.316 e. The highest BCUT2D eigenvalue weighted by Gasteiger charge is 2.14. The minimum absolute atomic E-state index is 0.413.